The second-order valence-electron chi connectivity index (χ2n) is 8.94. The van der Waals surface area contributed by atoms with Gasteiger partial charge in [0.15, 0.2) is 11.4 Å². The number of esters is 1. The molecular weight excluding hydrogens is 456 g/mol. The molecule has 1 aromatic carbocycles. The molecular formula is C22H23ClN2O8. The van der Waals surface area contributed by atoms with Crippen LogP contribution in [0.3, 0.4) is 0 Å². The number of aromatic hydroxyl groups is 1. The summed E-state index contributed by atoms with van der Waals surface area (Å²) in [5.41, 5.74) is 0.648. The Morgan fingerprint density at radius 3 is 2.45 bits per heavy atom. The van der Waals surface area contributed by atoms with Crippen molar-refractivity contribution in [3.8, 4) is 5.75 Å². The molecule has 11 heteroatoms. The second-order valence-corrected chi connectivity index (χ2v) is 9.35. The fourth-order valence-electron chi connectivity index (χ4n) is 5.34. The number of cyclic esters (lactones) is 1. The number of phenols is 1. The van der Waals surface area contributed by atoms with E-state index in [0.29, 0.717) is 0 Å². The van der Waals surface area contributed by atoms with E-state index in [9.17, 15) is 34.8 Å². The average Bonchev–Trinajstić information content (AvgIpc) is 2.99. The molecule has 4 rings (SSSR count). The molecule has 6 N–H and O–H groups in total. The van der Waals surface area contributed by atoms with Crippen LogP contribution in [0.5, 0.6) is 5.75 Å². The molecule has 2 aliphatic carbocycles. The van der Waals surface area contributed by atoms with E-state index in [1.165, 1.54) is 37.2 Å². The van der Waals surface area contributed by atoms with Crippen molar-refractivity contribution in [2.24, 2.45) is 17.6 Å². The molecule has 10 nitrogen and oxygen atoms in total. The number of amides is 1. The largest absolute Gasteiger partial charge is 0.509 e. The first-order valence-electron chi connectivity index (χ1n) is 10.1. The van der Waals surface area contributed by atoms with E-state index in [0.717, 1.165) is 0 Å². The molecule has 0 bridgehead atoms. The fourth-order valence-corrected chi connectivity index (χ4v) is 5.69. The molecule has 1 aliphatic heterocycles. The van der Waals surface area contributed by atoms with Gasteiger partial charge in [-0.05, 0) is 45.6 Å². The molecule has 33 heavy (non-hydrogen) atoms. The number of rotatable bonds is 3. The fraction of sp³-hybridized carbons (Fsp3) is 0.409. The standard InChI is InChI=1S/C22H23ClN2O8/c1-21(15-10(23)4-5-11(26)13(15)20(31)33-21)8-6-9-16(25(2)3)17(28)14(19(24)30)18(29)22(9,32)12(27)7-8/h4-5,7-9,16,26-27,29,32H,6H2,1-3H3,(H2,24,30)/t8-,9-,16-,21-,22-/m0/s1. The molecule has 1 aromatic rings. The zero-order valence-electron chi connectivity index (χ0n) is 18.0. The van der Waals surface area contributed by atoms with Crippen molar-refractivity contribution in [1.29, 1.82) is 0 Å². The third kappa shape index (κ3) is 2.91. The number of nitrogens with two attached hydrogens (primary N) is 1. The zero-order chi connectivity index (χ0) is 24.6. The van der Waals surface area contributed by atoms with E-state index in [4.69, 9.17) is 22.1 Å². The van der Waals surface area contributed by atoms with Gasteiger partial charge in [0.2, 0.25) is 0 Å². The number of ketones is 1. The molecule has 0 saturated heterocycles. The Bertz CT molecular complexity index is 1180. The predicted molar refractivity (Wildman–Crippen MR) is 114 cm³/mol. The summed E-state index contributed by atoms with van der Waals surface area (Å²) >= 11 is 6.35. The number of phenolic OH excluding ortho intramolecular Hbond substituents is 1. The number of hydrogen-bond donors (Lipinski definition) is 5. The van der Waals surface area contributed by atoms with Gasteiger partial charge in [-0.3, -0.25) is 14.5 Å². The van der Waals surface area contributed by atoms with Gasteiger partial charge < -0.3 is 30.9 Å². The summed E-state index contributed by atoms with van der Waals surface area (Å²) in [7, 11) is 3.08. The van der Waals surface area contributed by atoms with Gasteiger partial charge in [-0.25, -0.2) is 4.79 Å². The third-order valence-electron chi connectivity index (χ3n) is 6.94. The smallest absolute Gasteiger partial charge is 0.343 e. The summed E-state index contributed by atoms with van der Waals surface area (Å²) in [5.74, 6) is -6.92. The normalized spacial score (nSPS) is 33.5. The third-order valence-corrected chi connectivity index (χ3v) is 7.25. The Morgan fingerprint density at radius 2 is 1.88 bits per heavy atom. The monoisotopic (exact) mass is 478 g/mol. The Balaban J connectivity index is 1.92. The number of Topliss-reactive ketones (excluding diaryl/α,β-unsaturated/α-hetero) is 1. The molecule has 0 spiro atoms. The maximum Gasteiger partial charge on any atom is 0.343 e. The van der Waals surface area contributed by atoms with Crippen LogP contribution in [-0.4, -0.2) is 68.7 Å². The number of nitrogens with zero attached hydrogens (tertiary/aromatic N) is 1. The van der Waals surface area contributed by atoms with Gasteiger partial charge in [0.25, 0.3) is 5.91 Å². The Labute approximate surface area is 193 Å². The molecule has 1 heterocycles. The summed E-state index contributed by atoms with van der Waals surface area (Å²) in [4.78, 5) is 39.0. The molecule has 0 fully saturated rings. The van der Waals surface area contributed by atoms with Gasteiger partial charge in [0.1, 0.15) is 34.0 Å². The van der Waals surface area contributed by atoms with E-state index in [-0.39, 0.29) is 28.3 Å². The molecule has 3 aliphatic rings. The first-order valence-corrected chi connectivity index (χ1v) is 10.5. The van der Waals surface area contributed by atoms with Crippen molar-refractivity contribution >= 4 is 29.3 Å². The van der Waals surface area contributed by atoms with Gasteiger partial charge in [-0.1, -0.05) is 11.6 Å². The summed E-state index contributed by atoms with van der Waals surface area (Å²) in [6.45, 7) is 1.54. The van der Waals surface area contributed by atoms with Crippen LogP contribution >= 0.6 is 11.6 Å². The lowest BCUT2D eigenvalue weighted by atomic mass is 9.61. The van der Waals surface area contributed by atoms with Crippen molar-refractivity contribution in [1.82, 2.24) is 4.90 Å². The van der Waals surface area contributed by atoms with Crippen LogP contribution in [0.25, 0.3) is 0 Å². The SMILES string of the molecule is CN(C)[C@@H]1C(=O)C(C(N)=O)=C(O)[C@@]2(O)C(O)=C[C@@H]([C@]3(C)OC(=O)c4c(O)ccc(Cl)c43)C[C@@H]12. The first-order chi connectivity index (χ1) is 15.3. The van der Waals surface area contributed by atoms with Crippen molar-refractivity contribution in [3.05, 3.63) is 51.4 Å². The van der Waals surface area contributed by atoms with Crippen molar-refractivity contribution in [3.63, 3.8) is 0 Å². The van der Waals surface area contributed by atoms with Gasteiger partial charge in [0, 0.05) is 22.4 Å². The number of primary amides is 1. The first kappa shape index (κ1) is 23.1. The quantitative estimate of drug-likeness (QED) is 0.314. The van der Waals surface area contributed by atoms with Crippen molar-refractivity contribution in [2.45, 2.75) is 30.6 Å². The van der Waals surface area contributed by atoms with Crippen LogP contribution in [-0.2, 0) is 19.9 Å². The lowest BCUT2D eigenvalue weighted by molar-refractivity contribution is -0.139. The molecule has 5 atom stereocenters. The Kier molecular flexibility index (Phi) is 5.04. The molecule has 0 radical (unpaired) electrons. The highest BCUT2D eigenvalue weighted by atomic mass is 35.5. The average molecular weight is 479 g/mol. The molecule has 0 unspecified atom stereocenters. The number of ether oxygens (including phenoxy) is 1. The van der Waals surface area contributed by atoms with Gasteiger partial charge in [-0.15, -0.1) is 0 Å². The number of aliphatic hydroxyl groups is 3. The highest BCUT2D eigenvalue weighted by Crippen LogP contribution is 2.55. The molecule has 176 valence electrons. The number of fused-ring (bicyclic) bond motifs is 2. The second kappa shape index (κ2) is 7.21. The van der Waals surface area contributed by atoms with Gasteiger partial charge in [-0.2, -0.15) is 0 Å². The van der Waals surface area contributed by atoms with Crippen LogP contribution < -0.4 is 5.73 Å². The van der Waals surface area contributed by atoms with E-state index in [1.54, 1.807) is 6.92 Å². The topological polar surface area (TPSA) is 171 Å². The maximum atomic E-state index is 13.1. The van der Waals surface area contributed by atoms with E-state index in [1.807, 2.05) is 0 Å². The zero-order valence-corrected chi connectivity index (χ0v) is 18.8. The van der Waals surface area contributed by atoms with Crippen LogP contribution in [0.15, 0.2) is 35.3 Å². The van der Waals surface area contributed by atoms with Crippen LogP contribution in [0.2, 0.25) is 5.02 Å². The number of hydrogen-bond acceptors (Lipinski definition) is 9. The number of aliphatic hydroxyl groups excluding tert-OH is 2. The highest BCUT2D eigenvalue weighted by molar-refractivity contribution is 6.32. The van der Waals surface area contributed by atoms with E-state index in [2.05, 4.69) is 0 Å². The number of benzene rings is 1. The summed E-state index contributed by atoms with van der Waals surface area (Å²) < 4.78 is 5.62. The number of carbonyl (C=O) groups excluding carboxylic acids is 3. The van der Waals surface area contributed by atoms with Crippen LogP contribution in [0, 0.1) is 11.8 Å². The predicted octanol–water partition coefficient (Wildman–Crippen LogP) is 1.05. The minimum absolute atomic E-state index is 0.0690. The van der Waals surface area contributed by atoms with Crippen molar-refractivity contribution in [2.75, 3.05) is 14.1 Å². The Hall–Kier alpha value is -3.08. The minimum atomic E-state index is -2.46. The van der Waals surface area contributed by atoms with E-state index >= 15 is 0 Å². The Morgan fingerprint density at radius 1 is 1.24 bits per heavy atom. The minimum Gasteiger partial charge on any atom is -0.509 e. The van der Waals surface area contributed by atoms with Crippen LogP contribution in [0.1, 0.15) is 29.3 Å². The number of likely N-dealkylation sites (N-methyl/N-ethyl adjacent to an activating group) is 1. The number of carbonyl (C=O) groups is 3. The van der Waals surface area contributed by atoms with Crippen molar-refractivity contribution < 1.29 is 39.5 Å². The van der Waals surface area contributed by atoms with Crippen LogP contribution in [0.4, 0.5) is 0 Å². The molecule has 0 saturated carbocycles. The number of halogens is 1. The van der Waals surface area contributed by atoms with E-state index < -0.39 is 63.8 Å². The van der Waals surface area contributed by atoms with Gasteiger partial charge in [0.05, 0.1) is 6.04 Å². The maximum absolute atomic E-state index is 13.1. The summed E-state index contributed by atoms with van der Waals surface area (Å²) in [6.07, 6.45) is 1.12. The highest BCUT2D eigenvalue weighted by Gasteiger charge is 2.62. The lowest BCUT2D eigenvalue weighted by Crippen LogP contribution is -2.62. The summed E-state index contributed by atoms with van der Waals surface area (Å²) in [6, 6.07) is 1.52. The lowest BCUT2D eigenvalue weighted by Gasteiger charge is -2.50. The van der Waals surface area contributed by atoms with Gasteiger partial charge >= 0.3 is 5.97 Å². The molecule has 0 aromatic heterocycles. The molecule has 1 amide bonds. The summed E-state index contributed by atoms with van der Waals surface area (Å²) in [5, 5.41) is 43.3.